The lowest BCUT2D eigenvalue weighted by Gasteiger charge is -2.68. The van der Waals surface area contributed by atoms with Crippen molar-refractivity contribution in [3.05, 3.63) is 11.6 Å². The Kier molecular flexibility index (Phi) is 2.74. The van der Waals surface area contributed by atoms with Crippen LogP contribution < -0.4 is 0 Å². The summed E-state index contributed by atoms with van der Waals surface area (Å²) in [5, 5.41) is 0. The van der Waals surface area contributed by atoms with Gasteiger partial charge in [0.1, 0.15) is 5.78 Å². The van der Waals surface area contributed by atoms with E-state index in [-0.39, 0.29) is 5.41 Å². The number of ketones is 2. The van der Waals surface area contributed by atoms with E-state index < -0.39 is 0 Å². The van der Waals surface area contributed by atoms with Crippen LogP contribution in [-0.4, -0.2) is 11.6 Å². The fourth-order valence-electron chi connectivity index (χ4n) is 8.10. The average molecular weight is 312 g/mol. The summed E-state index contributed by atoms with van der Waals surface area (Å²) in [5.74, 6) is 4.19. The second-order valence-corrected chi connectivity index (χ2v) is 9.52. The van der Waals surface area contributed by atoms with Crippen molar-refractivity contribution in [2.24, 2.45) is 40.4 Å². The van der Waals surface area contributed by atoms with E-state index in [9.17, 15) is 9.59 Å². The van der Waals surface area contributed by atoms with Gasteiger partial charge in [-0.15, -0.1) is 0 Å². The third-order valence-electron chi connectivity index (χ3n) is 8.95. The van der Waals surface area contributed by atoms with Gasteiger partial charge >= 0.3 is 0 Å². The molecule has 0 heterocycles. The van der Waals surface area contributed by atoms with Crippen LogP contribution in [-0.2, 0) is 9.59 Å². The van der Waals surface area contributed by atoms with Crippen molar-refractivity contribution in [2.75, 3.05) is 0 Å². The van der Waals surface area contributed by atoms with Crippen LogP contribution >= 0.6 is 0 Å². The summed E-state index contributed by atoms with van der Waals surface area (Å²) in [6.07, 6.45) is 11.5. The van der Waals surface area contributed by atoms with Gasteiger partial charge in [-0.05, 0) is 92.4 Å². The van der Waals surface area contributed by atoms with E-state index in [2.05, 4.69) is 6.92 Å². The van der Waals surface area contributed by atoms with Crippen molar-refractivity contribution in [2.45, 2.75) is 65.2 Å². The van der Waals surface area contributed by atoms with Gasteiger partial charge in [-0.2, -0.15) is 0 Å². The quantitative estimate of drug-likeness (QED) is 0.722. The Balaban J connectivity index is 1.50. The fourth-order valence-corrected chi connectivity index (χ4v) is 8.10. The standard InChI is InChI=1S/C21H28O2/c1-12(22)16-3-4-17-15-9-13-11-21(8-5-14(23)10-19(13)21)18(15)6-7-20(16,17)2/h10,13,15-18H,3-9,11H2,1-2H3/t13-,15+,16-,17+,18+,20-,21+/m1/s1. The SMILES string of the molecule is CC(=O)[C@H]1CC[C@H]2[C@@H]3C[C@@H]4C[C@@]5(CCC(=O)C=C45)[C@H]3CC[C@]12C. The van der Waals surface area contributed by atoms with Crippen molar-refractivity contribution in [1.82, 2.24) is 0 Å². The molecule has 23 heavy (non-hydrogen) atoms. The van der Waals surface area contributed by atoms with Gasteiger partial charge in [-0.3, -0.25) is 9.59 Å². The van der Waals surface area contributed by atoms with Gasteiger partial charge in [0.15, 0.2) is 5.78 Å². The molecule has 6 rings (SSSR count). The lowest BCUT2D eigenvalue weighted by Crippen LogP contribution is -2.60. The molecule has 2 nitrogen and oxygen atoms in total. The summed E-state index contributed by atoms with van der Waals surface area (Å²) in [5.41, 5.74) is 2.21. The third-order valence-corrected chi connectivity index (χ3v) is 8.95. The van der Waals surface area contributed by atoms with E-state index in [1.165, 1.54) is 32.1 Å². The minimum Gasteiger partial charge on any atom is -0.300 e. The highest BCUT2D eigenvalue weighted by Gasteiger charge is 2.66. The molecule has 2 bridgehead atoms. The van der Waals surface area contributed by atoms with E-state index in [0.717, 1.165) is 37.0 Å². The lowest BCUT2D eigenvalue weighted by atomic mass is 9.36. The molecule has 124 valence electrons. The van der Waals surface area contributed by atoms with E-state index in [4.69, 9.17) is 0 Å². The Morgan fingerprint density at radius 2 is 2.00 bits per heavy atom. The number of rotatable bonds is 1. The molecule has 0 aromatic heterocycles. The van der Waals surface area contributed by atoms with Crippen LogP contribution in [0, 0.1) is 40.4 Å². The van der Waals surface area contributed by atoms with E-state index >= 15 is 0 Å². The van der Waals surface area contributed by atoms with E-state index in [1.54, 1.807) is 5.57 Å². The summed E-state index contributed by atoms with van der Waals surface area (Å²) < 4.78 is 0. The largest absolute Gasteiger partial charge is 0.300 e. The predicted molar refractivity (Wildman–Crippen MR) is 88.7 cm³/mol. The average Bonchev–Trinajstić information content (AvgIpc) is 2.87. The molecular formula is C21H28O2. The molecule has 1 spiro atoms. The van der Waals surface area contributed by atoms with Crippen LogP contribution in [0.15, 0.2) is 11.6 Å². The van der Waals surface area contributed by atoms with Crippen molar-refractivity contribution in [1.29, 1.82) is 0 Å². The highest BCUT2D eigenvalue weighted by atomic mass is 16.1. The molecule has 0 aromatic rings. The highest BCUT2D eigenvalue weighted by Crippen LogP contribution is 2.74. The molecule has 6 aliphatic rings. The molecule has 6 aliphatic carbocycles. The highest BCUT2D eigenvalue weighted by molar-refractivity contribution is 5.92. The second kappa shape index (κ2) is 4.37. The van der Waals surface area contributed by atoms with Crippen LogP contribution in [0.4, 0.5) is 0 Å². The summed E-state index contributed by atoms with van der Waals surface area (Å²) >= 11 is 0. The van der Waals surface area contributed by atoms with Gasteiger partial charge in [0.25, 0.3) is 0 Å². The normalized spacial score (nSPS) is 53.6. The minimum absolute atomic E-state index is 0.266. The van der Waals surface area contributed by atoms with Crippen LogP contribution in [0.5, 0.6) is 0 Å². The second-order valence-electron chi connectivity index (χ2n) is 9.52. The first-order valence-electron chi connectivity index (χ1n) is 9.71. The molecule has 0 radical (unpaired) electrons. The first-order valence-corrected chi connectivity index (χ1v) is 9.71. The molecule has 0 aliphatic heterocycles. The number of allylic oxidation sites excluding steroid dienone is 1. The molecular weight excluding hydrogens is 284 g/mol. The number of Topliss-reactive ketones (excluding diaryl/α,β-unsaturated/α-hetero) is 1. The Hall–Kier alpha value is -0.920. The van der Waals surface area contributed by atoms with Gasteiger partial charge in [0.2, 0.25) is 0 Å². The van der Waals surface area contributed by atoms with Gasteiger partial charge in [0, 0.05) is 12.3 Å². The number of hydrogen-bond acceptors (Lipinski definition) is 2. The van der Waals surface area contributed by atoms with Gasteiger partial charge in [-0.1, -0.05) is 12.5 Å². The predicted octanol–water partition coefficient (Wildman–Crippen LogP) is 4.33. The van der Waals surface area contributed by atoms with Crippen LogP contribution in [0.25, 0.3) is 0 Å². The number of fused-ring (bicyclic) bond motifs is 1. The molecule has 0 aromatic carbocycles. The maximum atomic E-state index is 12.2. The van der Waals surface area contributed by atoms with E-state index in [1.807, 2.05) is 13.0 Å². The monoisotopic (exact) mass is 312 g/mol. The smallest absolute Gasteiger partial charge is 0.155 e. The van der Waals surface area contributed by atoms with Gasteiger partial charge in [-0.25, -0.2) is 0 Å². The first-order chi connectivity index (χ1) is 11.0. The molecule has 5 saturated carbocycles. The van der Waals surface area contributed by atoms with Gasteiger partial charge < -0.3 is 0 Å². The molecule has 0 saturated heterocycles. The molecule has 0 unspecified atom stereocenters. The van der Waals surface area contributed by atoms with Crippen molar-refractivity contribution in [3.63, 3.8) is 0 Å². The third kappa shape index (κ3) is 1.61. The number of hydrogen-bond donors (Lipinski definition) is 0. The van der Waals surface area contributed by atoms with Crippen LogP contribution in [0.1, 0.15) is 65.2 Å². The summed E-state index contributed by atoms with van der Waals surface area (Å²) in [7, 11) is 0. The van der Waals surface area contributed by atoms with Crippen molar-refractivity contribution >= 4 is 11.6 Å². The molecule has 0 N–H and O–H groups in total. The lowest BCUT2D eigenvalue weighted by molar-refractivity contribution is -0.140. The Labute approximate surface area is 139 Å². The van der Waals surface area contributed by atoms with Crippen LogP contribution in [0.3, 0.4) is 0 Å². The van der Waals surface area contributed by atoms with E-state index in [0.29, 0.717) is 28.8 Å². The Bertz CT molecular complexity index is 632. The first kappa shape index (κ1) is 14.4. The minimum atomic E-state index is 0.266. The molecule has 7 atom stereocenters. The Morgan fingerprint density at radius 1 is 1.17 bits per heavy atom. The summed E-state index contributed by atoms with van der Waals surface area (Å²) in [4.78, 5) is 24.0. The number of carbonyl (C=O) groups excluding carboxylic acids is 2. The zero-order valence-electron chi connectivity index (χ0n) is 14.4. The fraction of sp³-hybridized carbons (Fsp3) is 0.810. The molecule has 0 amide bonds. The summed E-state index contributed by atoms with van der Waals surface area (Å²) in [6, 6.07) is 0. The topological polar surface area (TPSA) is 34.1 Å². The van der Waals surface area contributed by atoms with Crippen molar-refractivity contribution < 1.29 is 9.59 Å². The molecule has 2 heteroatoms. The van der Waals surface area contributed by atoms with Crippen molar-refractivity contribution in [3.8, 4) is 0 Å². The Morgan fingerprint density at radius 3 is 2.78 bits per heavy atom. The van der Waals surface area contributed by atoms with Gasteiger partial charge in [0.05, 0.1) is 0 Å². The maximum absolute atomic E-state index is 12.2. The summed E-state index contributed by atoms with van der Waals surface area (Å²) in [6.45, 7) is 4.24. The maximum Gasteiger partial charge on any atom is 0.155 e. The van der Waals surface area contributed by atoms with Crippen LogP contribution in [0.2, 0.25) is 0 Å². The molecule has 5 fully saturated rings. The zero-order chi connectivity index (χ0) is 16.0. The zero-order valence-corrected chi connectivity index (χ0v) is 14.4. The number of carbonyl (C=O) groups is 2.